The van der Waals surface area contributed by atoms with E-state index in [0.29, 0.717) is 13.1 Å². The van der Waals surface area contributed by atoms with Gasteiger partial charge in [0.05, 0.1) is 6.54 Å². The molecule has 0 aromatic carbocycles. The van der Waals surface area contributed by atoms with Crippen molar-refractivity contribution in [3.8, 4) is 0 Å². The first-order chi connectivity index (χ1) is 9.52. The normalized spacial score (nSPS) is 10.7. The van der Waals surface area contributed by atoms with Gasteiger partial charge in [-0.3, -0.25) is 14.3 Å². The van der Waals surface area contributed by atoms with E-state index in [-0.39, 0.29) is 11.5 Å². The maximum absolute atomic E-state index is 11.8. The number of nitrogens with two attached hydrogens (primary N) is 1. The zero-order valence-corrected chi connectivity index (χ0v) is 12.2. The van der Waals surface area contributed by atoms with Gasteiger partial charge in [-0.05, 0) is 13.3 Å². The molecule has 7 nitrogen and oxygen atoms in total. The summed E-state index contributed by atoms with van der Waals surface area (Å²) in [5, 5.41) is 5.75. The molecular formula is C12H17N5O2S. The first-order valence-electron chi connectivity index (χ1n) is 6.30. The molecule has 0 spiro atoms. The molecule has 0 unspecified atom stereocenters. The van der Waals surface area contributed by atoms with Gasteiger partial charge in [-0.1, -0.05) is 6.92 Å². The van der Waals surface area contributed by atoms with Crippen molar-refractivity contribution in [3.63, 3.8) is 0 Å². The van der Waals surface area contributed by atoms with Crippen molar-refractivity contribution < 1.29 is 0 Å². The molecule has 0 atom stereocenters. The number of hydrogen-bond donors (Lipinski definition) is 3. The fourth-order valence-electron chi connectivity index (χ4n) is 1.85. The van der Waals surface area contributed by atoms with Gasteiger partial charge in [0.25, 0.3) is 5.56 Å². The summed E-state index contributed by atoms with van der Waals surface area (Å²) in [6.07, 6.45) is 0.751. The van der Waals surface area contributed by atoms with Gasteiger partial charge in [-0.15, -0.1) is 11.3 Å². The van der Waals surface area contributed by atoms with Crippen LogP contribution in [0.4, 0.5) is 11.5 Å². The fraction of sp³-hybridized carbons (Fsp3) is 0.417. The third-order valence-corrected chi connectivity index (χ3v) is 3.74. The first-order valence-corrected chi connectivity index (χ1v) is 7.18. The largest absolute Gasteiger partial charge is 0.383 e. The highest BCUT2D eigenvalue weighted by Gasteiger charge is 2.12. The summed E-state index contributed by atoms with van der Waals surface area (Å²) >= 11 is 1.50. The summed E-state index contributed by atoms with van der Waals surface area (Å²) in [6.45, 7) is 4.70. The highest BCUT2D eigenvalue weighted by Crippen LogP contribution is 2.14. The standard InChI is InChI=1S/C12H17N5O2S/c1-3-4-17-10(13)9(11(18)16-12(17)19)14-5-8-15-7(2)6-20-8/h6,14H,3-5,13H2,1-2H3,(H,16,18,19). The van der Waals surface area contributed by atoms with Crippen LogP contribution in [0.15, 0.2) is 15.0 Å². The van der Waals surface area contributed by atoms with Gasteiger partial charge in [-0.25, -0.2) is 9.78 Å². The molecule has 0 aliphatic rings. The van der Waals surface area contributed by atoms with Gasteiger partial charge in [-0.2, -0.15) is 0 Å². The van der Waals surface area contributed by atoms with E-state index < -0.39 is 11.2 Å². The molecule has 0 aliphatic heterocycles. The van der Waals surface area contributed by atoms with Crippen molar-refractivity contribution in [1.29, 1.82) is 0 Å². The van der Waals surface area contributed by atoms with Crippen LogP contribution >= 0.6 is 11.3 Å². The highest BCUT2D eigenvalue weighted by atomic mass is 32.1. The van der Waals surface area contributed by atoms with Crippen molar-refractivity contribution in [3.05, 3.63) is 36.9 Å². The Hall–Kier alpha value is -2.09. The summed E-state index contributed by atoms with van der Waals surface area (Å²) in [5.41, 5.74) is 6.06. The van der Waals surface area contributed by atoms with Gasteiger partial charge in [0.1, 0.15) is 16.5 Å². The Bertz CT molecular complexity index is 715. The van der Waals surface area contributed by atoms with Crippen LogP contribution in [0.1, 0.15) is 24.0 Å². The van der Waals surface area contributed by atoms with Crippen LogP contribution in [0.3, 0.4) is 0 Å². The quantitative estimate of drug-likeness (QED) is 0.760. The van der Waals surface area contributed by atoms with E-state index in [1.165, 1.54) is 15.9 Å². The van der Waals surface area contributed by atoms with E-state index in [0.717, 1.165) is 17.1 Å². The molecule has 2 rings (SSSR count). The predicted octanol–water partition coefficient (Wildman–Crippen LogP) is 0.906. The van der Waals surface area contributed by atoms with Crippen LogP contribution in [-0.4, -0.2) is 14.5 Å². The zero-order chi connectivity index (χ0) is 14.7. The van der Waals surface area contributed by atoms with E-state index in [4.69, 9.17) is 5.73 Å². The van der Waals surface area contributed by atoms with Crippen molar-refractivity contribution in [2.45, 2.75) is 33.4 Å². The Morgan fingerprint density at radius 1 is 1.50 bits per heavy atom. The number of nitrogen functional groups attached to an aromatic ring is 1. The predicted molar refractivity (Wildman–Crippen MR) is 80.2 cm³/mol. The van der Waals surface area contributed by atoms with Crippen molar-refractivity contribution in [2.75, 3.05) is 11.1 Å². The summed E-state index contributed by atoms with van der Waals surface area (Å²) in [7, 11) is 0. The van der Waals surface area contributed by atoms with Gasteiger partial charge in [0, 0.05) is 17.6 Å². The molecule has 0 saturated heterocycles. The Kier molecular flexibility index (Phi) is 4.23. The van der Waals surface area contributed by atoms with E-state index in [1.807, 2.05) is 19.2 Å². The lowest BCUT2D eigenvalue weighted by Gasteiger charge is -2.12. The fourth-order valence-corrected chi connectivity index (χ4v) is 2.56. The second kappa shape index (κ2) is 5.91. The lowest BCUT2D eigenvalue weighted by molar-refractivity contribution is 0.642. The number of aromatic amines is 1. The van der Waals surface area contributed by atoms with E-state index in [9.17, 15) is 9.59 Å². The first kappa shape index (κ1) is 14.3. The Labute approximate surface area is 119 Å². The van der Waals surface area contributed by atoms with Crippen LogP contribution in [0.2, 0.25) is 0 Å². The summed E-state index contributed by atoms with van der Waals surface area (Å²) < 4.78 is 1.36. The lowest BCUT2D eigenvalue weighted by Crippen LogP contribution is -2.34. The second-order valence-electron chi connectivity index (χ2n) is 4.41. The van der Waals surface area contributed by atoms with Gasteiger partial charge < -0.3 is 11.1 Å². The van der Waals surface area contributed by atoms with Crippen molar-refractivity contribution >= 4 is 22.8 Å². The maximum atomic E-state index is 11.8. The topological polar surface area (TPSA) is 106 Å². The molecule has 2 aromatic rings. The monoisotopic (exact) mass is 295 g/mol. The SMILES string of the molecule is CCCn1c(N)c(NCc2nc(C)cs2)c(=O)[nH]c1=O. The molecule has 4 N–H and O–H groups in total. The van der Waals surface area contributed by atoms with Crippen molar-refractivity contribution in [2.24, 2.45) is 0 Å². The number of nitrogens with one attached hydrogen (secondary N) is 2. The molecule has 2 heterocycles. The molecule has 20 heavy (non-hydrogen) atoms. The number of nitrogens with zero attached hydrogens (tertiary/aromatic N) is 2. The summed E-state index contributed by atoms with van der Waals surface area (Å²) in [6, 6.07) is 0. The summed E-state index contributed by atoms with van der Waals surface area (Å²) in [4.78, 5) is 30.0. The molecule has 0 amide bonds. The summed E-state index contributed by atoms with van der Waals surface area (Å²) in [5.74, 6) is 0.161. The number of hydrogen-bond acceptors (Lipinski definition) is 6. The van der Waals surface area contributed by atoms with Crippen LogP contribution in [-0.2, 0) is 13.1 Å². The molecule has 0 radical (unpaired) electrons. The molecule has 108 valence electrons. The Morgan fingerprint density at radius 2 is 2.25 bits per heavy atom. The third-order valence-electron chi connectivity index (χ3n) is 2.77. The smallest absolute Gasteiger partial charge is 0.330 e. The van der Waals surface area contributed by atoms with Crippen LogP contribution in [0.5, 0.6) is 0 Å². The maximum Gasteiger partial charge on any atom is 0.330 e. The molecule has 0 aliphatic carbocycles. The molecular weight excluding hydrogens is 278 g/mol. The lowest BCUT2D eigenvalue weighted by atomic mass is 10.4. The van der Waals surface area contributed by atoms with E-state index >= 15 is 0 Å². The van der Waals surface area contributed by atoms with Crippen molar-refractivity contribution in [1.82, 2.24) is 14.5 Å². The molecule has 8 heteroatoms. The van der Waals surface area contributed by atoms with E-state index in [2.05, 4.69) is 15.3 Å². The minimum absolute atomic E-state index is 0.161. The van der Waals surface area contributed by atoms with Gasteiger partial charge in [0.2, 0.25) is 0 Å². The van der Waals surface area contributed by atoms with Crippen LogP contribution < -0.4 is 22.3 Å². The molecule has 0 fully saturated rings. The Morgan fingerprint density at radius 3 is 2.85 bits per heavy atom. The number of anilines is 2. The number of aromatic nitrogens is 3. The number of H-pyrrole nitrogens is 1. The number of rotatable bonds is 5. The molecule has 2 aromatic heterocycles. The number of thiazole rings is 1. The molecule has 0 bridgehead atoms. The average Bonchev–Trinajstić information content (AvgIpc) is 2.80. The van der Waals surface area contributed by atoms with Gasteiger partial charge >= 0.3 is 5.69 Å². The minimum Gasteiger partial charge on any atom is -0.383 e. The van der Waals surface area contributed by atoms with Crippen LogP contribution in [0, 0.1) is 6.92 Å². The Balaban J connectivity index is 2.29. The number of aryl methyl sites for hydroxylation is 1. The van der Waals surface area contributed by atoms with Crippen LogP contribution in [0.25, 0.3) is 0 Å². The zero-order valence-electron chi connectivity index (χ0n) is 11.4. The second-order valence-corrected chi connectivity index (χ2v) is 5.35. The highest BCUT2D eigenvalue weighted by molar-refractivity contribution is 7.09. The van der Waals surface area contributed by atoms with E-state index in [1.54, 1.807) is 0 Å². The minimum atomic E-state index is -0.506. The average molecular weight is 295 g/mol. The molecule has 0 saturated carbocycles. The third kappa shape index (κ3) is 2.90. The van der Waals surface area contributed by atoms with Gasteiger partial charge in [0.15, 0.2) is 0 Å².